The van der Waals surface area contributed by atoms with Gasteiger partial charge < -0.3 is 10.3 Å². The predicted octanol–water partition coefficient (Wildman–Crippen LogP) is 7.51. The Morgan fingerprint density at radius 3 is 2.83 bits per heavy atom. The number of H-pyrrole nitrogens is 2. The first-order chi connectivity index (χ1) is 19.6. The SMILES string of the molecule is Cc1ccc(-c2ccnc3[nH]c(-c4n[nH]c5ccc(-c6cncc(NC(=O)CC7CCCCC7)c6)nc45)cc23)s1. The summed E-state index contributed by atoms with van der Waals surface area (Å²) in [6.45, 7) is 2.12. The van der Waals surface area contributed by atoms with E-state index in [1.165, 1.54) is 29.0 Å². The molecule has 0 saturated heterocycles. The van der Waals surface area contributed by atoms with Crippen molar-refractivity contribution in [1.82, 2.24) is 30.1 Å². The van der Waals surface area contributed by atoms with Crippen LogP contribution in [-0.2, 0) is 4.79 Å². The Hall–Kier alpha value is -4.37. The van der Waals surface area contributed by atoms with Gasteiger partial charge in [0, 0.05) is 45.1 Å². The number of aromatic nitrogens is 6. The van der Waals surface area contributed by atoms with Crippen LogP contribution in [0.5, 0.6) is 0 Å². The summed E-state index contributed by atoms with van der Waals surface area (Å²) in [6.07, 6.45) is 11.9. The molecule has 1 aliphatic rings. The van der Waals surface area contributed by atoms with Crippen LogP contribution in [0.1, 0.15) is 43.4 Å². The molecule has 0 aliphatic heterocycles. The van der Waals surface area contributed by atoms with E-state index in [1.54, 1.807) is 23.7 Å². The standard InChI is InChI=1S/C31H29N7OS/c1-18-7-10-27(40-18)22-11-12-33-31-23(22)15-26(36-31)30-29-25(37-38-30)9-8-24(35-29)20-14-21(17-32-16-20)34-28(39)13-19-5-3-2-4-6-19/h7-12,14-17,19H,2-6,13H2,1H3,(H,33,36)(H,34,39)(H,37,38). The van der Waals surface area contributed by atoms with Gasteiger partial charge in [0.15, 0.2) is 0 Å². The second kappa shape index (κ2) is 10.3. The third-order valence-electron chi connectivity index (χ3n) is 7.72. The zero-order valence-electron chi connectivity index (χ0n) is 22.2. The quantitative estimate of drug-likeness (QED) is 0.200. The van der Waals surface area contributed by atoms with Crippen molar-refractivity contribution in [3.05, 3.63) is 65.9 Å². The van der Waals surface area contributed by atoms with Crippen LogP contribution in [0.2, 0.25) is 0 Å². The van der Waals surface area contributed by atoms with Gasteiger partial charge in [-0.05, 0) is 68.1 Å². The first-order valence-electron chi connectivity index (χ1n) is 13.8. The summed E-state index contributed by atoms with van der Waals surface area (Å²) in [5.41, 5.74) is 7.40. The Morgan fingerprint density at radius 2 is 1.98 bits per heavy atom. The van der Waals surface area contributed by atoms with Crippen LogP contribution >= 0.6 is 11.3 Å². The van der Waals surface area contributed by atoms with E-state index in [4.69, 9.17) is 4.98 Å². The Kier molecular flexibility index (Phi) is 6.36. The third kappa shape index (κ3) is 4.77. The highest BCUT2D eigenvalue weighted by molar-refractivity contribution is 7.15. The number of aryl methyl sites for hydroxylation is 1. The molecule has 6 aromatic heterocycles. The molecule has 0 radical (unpaired) electrons. The maximum absolute atomic E-state index is 12.7. The number of nitrogens with one attached hydrogen (secondary N) is 3. The number of anilines is 1. The average Bonchev–Trinajstić information content (AvgIpc) is 3.71. The minimum Gasteiger partial charge on any atom is -0.338 e. The maximum atomic E-state index is 12.7. The summed E-state index contributed by atoms with van der Waals surface area (Å²) < 4.78 is 0. The molecule has 9 heteroatoms. The fourth-order valence-electron chi connectivity index (χ4n) is 5.71. The van der Waals surface area contributed by atoms with Crippen LogP contribution in [0.3, 0.4) is 0 Å². The van der Waals surface area contributed by atoms with Crippen molar-refractivity contribution in [2.45, 2.75) is 45.4 Å². The summed E-state index contributed by atoms with van der Waals surface area (Å²) >= 11 is 1.77. The maximum Gasteiger partial charge on any atom is 0.224 e. The molecular formula is C31H29N7OS. The fourth-order valence-corrected chi connectivity index (χ4v) is 6.62. The normalized spacial score (nSPS) is 14.2. The number of carbonyl (C=O) groups excluding carboxylic acids is 1. The Morgan fingerprint density at radius 1 is 1.07 bits per heavy atom. The van der Waals surface area contributed by atoms with Crippen molar-refractivity contribution < 1.29 is 4.79 Å². The summed E-state index contributed by atoms with van der Waals surface area (Å²) in [6, 6.07) is 14.3. The largest absolute Gasteiger partial charge is 0.338 e. The molecule has 40 heavy (non-hydrogen) atoms. The smallest absolute Gasteiger partial charge is 0.224 e. The van der Waals surface area contributed by atoms with Crippen molar-refractivity contribution in [2.75, 3.05) is 5.32 Å². The van der Waals surface area contributed by atoms with E-state index in [0.29, 0.717) is 18.0 Å². The number of carbonyl (C=O) groups is 1. The molecule has 1 amide bonds. The van der Waals surface area contributed by atoms with Gasteiger partial charge in [-0.2, -0.15) is 5.10 Å². The van der Waals surface area contributed by atoms with Crippen molar-refractivity contribution in [1.29, 1.82) is 0 Å². The minimum atomic E-state index is 0.0517. The van der Waals surface area contributed by atoms with E-state index >= 15 is 0 Å². The van der Waals surface area contributed by atoms with Gasteiger partial charge in [0.1, 0.15) is 16.9 Å². The minimum absolute atomic E-state index is 0.0517. The highest BCUT2D eigenvalue weighted by Gasteiger charge is 2.19. The number of nitrogens with zero attached hydrogens (tertiary/aromatic N) is 4. The van der Waals surface area contributed by atoms with Gasteiger partial charge in [0.25, 0.3) is 0 Å². The van der Waals surface area contributed by atoms with Crippen molar-refractivity contribution in [3.63, 3.8) is 0 Å². The zero-order chi connectivity index (χ0) is 27.1. The van der Waals surface area contributed by atoms with Gasteiger partial charge in [0.2, 0.25) is 5.91 Å². The summed E-state index contributed by atoms with van der Waals surface area (Å²) in [4.78, 5) is 32.5. The molecule has 0 bridgehead atoms. The molecule has 8 nitrogen and oxygen atoms in total. The van der Waals surface area contributed by atoms with E-state index in [-0.39, 0.29) is 5.91 Å². The predicted molar refractivity (Wildman–Crippen MR) is 160 cm³/mol. The van der Waals surface area contributed by atoms with Gasteiger partial charge in [-0.1, -0.05) is 19.3 Å². The number of rotatable bonds is 6. The van der Waals surface area contributed by atoms with Crippen LogP contribution in [0.25, 0.3) is 55.2 Å². The summed E-state index contributed by atoms with van der Waals surface area (Å²) in [5, 5.41) is 11.8. The lowest BCUT2D eigenvalue weighted by atomic mass is 9.87. The van der Waals surface area contributed by atoms with E-state index in [9.17, 15) is 4.79 Å². The molecule has 6 heterocycles. The van der Waals surface area contributed by atoms with E-state index in [1.807, 2.05) is 24.4 Å². The Balaban J connectivity index is 1.19. The lowest BCUT2D eigenvalue weighted by molar-refractivity contribution is -0.117. The molecule has 0 atom stereocenters. The topological polar surface area (TPSA) is 112 Å². The number of thiophene rings is 1. The van der Waals surface area contributed by atoms with Crippen LogP contribution in [0.15, 0.2) is 61.1 Å². The van der Waals surface area contributed by atoms with Gasteiger partial charge in [-0.15, -0.1) is 11.3 Å². The molecule has 1 saturated carbocycles. The molecular weight excluding hydrogens is 518 g/mol. The number of hydrogen-bond donors (Lipinski definition) is 3. The molecule has 0 aromatic carbocycles. The number of amides is 1. The molecule has 6 aromatic rings. The lowest BCUT2D eigenvalue weighted by Crippen LogP contribution is -2.18. The van der Waals surface area contributed by atoms with Gasteiger partial charge in [0.05, 0.1) is 28.8 Å². The second-order valence-corrected chi connectivity index (χ2v) is 11.9. The first-order valence-corrected chi connectivity index (χ1v) is 14.6. The van der Waals surface area contributed by atoms with Crippen molar-refractivity contribution >= 4 is 45.0 Å². The van der Waals surface area contributed by atoms with Gasteiger partial charge >= 0.3 is 0 Å². The molecule has 0 spiro atoms. The van der Waals surface area contributed by atoms with Crippen LogP contribution in [-0.4, -0.2) is 36.0 Å². The number of fused-ring (bicyclic) bond motifs is 2. The Bertz CT molecular complexity index is 1840. The molecule has 3 N–H and O–H groups in total. The first kappa shape index (κ1) is 24.7. The van der Waals surface area contributed by atoms with Crippen molar-refractivity contribution in [2.24, 2.45) is 5.92 Å². The highest BCUT2D eigenvalue weighted by atomic mass is 32.1. The number of pyridine rings is 3. The molecule has 7 rings (SSSR count). The summed E-state index contributed by atoms with van der Waals surface area (Å²) in [7, 11) is 0. The van der Waals surface area contributed by atoms with Crippen LogP contribution < -0.4 is 5.32 Å². The number of aromatic amines is 2. The summed E-state index contributed by atoms with van der Waals surface area (Å²) in [5.74, 6) is 0.537. The lowest BCUT2D eigenvalue weighted by Gasteiger charge is -2.20. The van der Waals surface area contributed by atoms with Gasteiger partial charge in [-0.25, -0.2) is 9.97 Å². The van der Waals surface area contributed by atoms with Crippen LogP contribution in [0, 0.1) is 12.8 Å². The molecule has 1 fully saturated rings. The fraction of sp³-hybridized carbons (Fsp3) is 0.258. The van der Waals surface area contributed by atoms with Crippen molar-refractivity contribution in [3.8, 4) is 33.1 Å². The number of hydrogen-bond acceptors (Lipinski definition) is 6. The molecule has 200 valence electrons. The van der Waals surface area contributed by atoms with E-state index in [0.717, 1.165) is 63.1 Å². The van der Waals surface area contributed by atoms with Gasteiger partial charge in [-0.3, -0.25) is 14.9 Å². The molecule has 0 unspecified atom stereocenters. The monoisotopic (exact) mass is 547 g/mol. The molecule has 1 aliphatic carbocycles. The Labute approximate surface area is 235 Å². The second-order valence-electron chi connectivity index (χ2n) is 10.6. The van der Waals surface area contributed by atoms with Crippen LogP contribution in [0.4, 0.5) is 5.69 Å². The average molecular weight is 548 g/mol. The van der Waals surface area contributed by atoms with E-state index < -0.39 is 0 Å². The third-order valence-corrected chi connectivity index (χ3v) is 8.75. The zero-order valence-corrected chi connectivity index (χ0v) is 23.0. The van der Waals surface area contributed by atoms with E-state index in [2.05, 4.69) is 61.7 Å². The highest BCUT2D eigenvalue weighted by Crippen LogP contribution is 2.36.